The Morgan fingerprint density at radius 2 is 1.27 bits per heavy atom. The van der Waals surface area contributed by atoms with Gasteiger partial charge < -0.3 is 5.11 Å². The third-order valence-corrected chi connectivity index (χ3v) is 2.19. The van der Waals surface area contributed by atoms with Crippen molar-refractivity contribution in [3.8, 4) is 0 Å². The Hall–Kier alpha value is -0.530. The summed E-state index contributed by atoms with van der Waals surface area (Å²) in [6, 6.07) is 0. The molecule has 0 heterocycles. The Morgan fingerprint density at radius 1 is 0.933 bits per heavy atom. The molecule has 0 aliphatic rings. The van der Waals surface area contributed by atoms with Crippen LogP contribution in [-0.2, 0) is 0 Å². The second-order valence-electron chi connectivity index (χ2n) is 3.25. The average Bonchev–Trinajstić information content (AvgIpc) is 1.98. The molecule has 8 heteroatoms. The molecule has 0 saturated heterocycles. The van der Waals surface area contributed by atoms with Gasteiger partial charge in [-0.2, -0.15) is 22.0 Å². The van der Waals surface area contributed by atoms with Crippen molar-refractivity contribution in [3.63, 3.8) is 0 Å². The first kappa shape index (κ1) is 14.5. The highest BCUT2D eigenvalue weighted by Gasteiger charge is 2.79. The van der Waals surface area contributed by atoms with Gasteiger partial charge in [0.2, 0.25) is 0 Å². The molecule has 0 saturated carbocycles. The summed E-state index contributed by atoms with van der Waals surface area (Å²) >= 11 is 0. The molecule has 2 atom stereocenters. The van der Waals surface area contributed by atoms with Crippen LogP contribution in [-0.4, -0.2) is 28.7 Å². The minimum absolute atomic E-state index is 0.0185. The van der Waals surface area contributed by atoms with E-state index in [1.165, 1.54) is 0 Å². The second kappa shape index (κ2) is 3.50. The predicted octanol–water partition coefficient (Wildman–Crippen LogP) is 2.98. The van der Waals surface area contributed by atoms with E-state index in [4.69, 9.17) is 5.11 Å². The van der Waals surface area contributed by atoms with Crippen LogP contribution >= 0.6 is 0 Å². The summed E-state index contributed by atoms with van der Waals surface area (Å²) < 4.78 is 86.6. The molecule has 0 aliphatic carbocycles. The van der Waals surface area contributed by atoms with Gasteiger partial charge in [-0.1, -0.05) is 6.92 Å². The first-order chi connectivity index (χ1) is 6.31. The first-order valence-corrected chi connectivity index (χ1v) is 3.86. The lowest BCUT2D eigenvalue weighted by Gasteiger charge is -2.39. The number of aliphatic hydroxyl groups is 1. The largest absolute Gasteiger partial charge is 0.434 e. The van der Waals surface area contributed by atoms with Crippen LogP contribution in [0.5, 0.6) is 0 Å². The SMILES string of the molecule is CCC(C)(F)[C@@](F)(C(O)(F)F)C(F)(F)F. The van der Waals surface area contributed by atoms with Crippen LogP contribution in [0.15, 0.2) is 0 Å². The molecule has 1 unspecified atom stereocenters. The van der Waals surface area contributed by atoms with Crippen molar-refractivity contribution in [2.24, 2.45) is 0 Å². The fourth-order valence-electron chi connectivity index (χ4n) is 1.02. The zero-order valence-corrected chi connectivity index (χ0v) is 7.80. The van der Waals surface area contributed by atoms with E-state index in [-0.39, 0.29) is 6.92 Å². The Balaban J connectivity index is 5.65. The van der Waals surface area contributed by atoms with E-state index < -0.39 is 30.0 Å². The molecule has 1 N–H and O–H groups in total. The van der Waals surface area contributed by atoms with E-state index in [9.17, 15) is 30.7 Å². The summed E-state index contributed by atoms with van der Waals surface area (Å²) in [4.78, 5) is 0. The third kappa shape index (κ3) is 2.04. The van der Waals surface area contributed by atoms with Gasteiger partial charge in [-0.05, 0) is 13.3 Å². The van der Waals surface area contributed by atoms with Gasteiger partial charge in [0.1, 0.15) is 0 Å². The molecule has 1 nitrogen and oxygen atoms in total. The van der Waals surface area contributed by atoms with Crippen LogP contribution in [0, 0.1) is 0 Å². The molecule has 0 aromatic heterocycles. The van der Waals surface area contributed by atoms with Crippen LogP contribution in [0.3, 0.4) is 0 Å². The lowest BCUT2D eigenvalue weighted by molar-refractivity contribution is -0.397. The summed E-state index contributed by atoms with van der Waals surface area (Å²) in [5.74, 6) is 0. The Bertz CT molecular complexity index is 212. The van der Waals surface area contributed by atoms with Crippen LogP contribution in [0.4, 0.5) is 30.7 Å². The molecule has 0 aromatic rings. The maximum atomic E-state index is 13.1. The fourth-order valence-corrected chi connectivity index (χ4v) is 1.02. The van der Waals surface area contributed by atoms with Crippen molar-refractivity contribution in [1.82, 2.24) is 0 Å². The number of halogens is 7. The molecule has 0 aliphatic heterocycles. The van der Waals surface area contributed by atoms with Crippen LogP contribution in [0.25, 0.3) is 0 Å². The van der Waals surface area contributed by atoms with Crippen molar-refractivity contribution in [1.29, 1.82) is 0 Å². The molecule has 0 bridgehead atoms. The minimum atomic E-state index is -6.22. The molecule has 0 amide bonds. The van der Waals surface area contributed by atoms with E-state index in [1.54, 1.807) is 0 Å². The van der Waals surface area contributed by atoms with E-state index in [0.29, 0.717) is 0 Å². The summed E-state index contributed by atoms with van der Waals surface area (Å²) in [7, 11) is 0. The minimum Gasteiger partial charge on any atom is -0.333 e. The van der Waals surface area contributed by atoms with Gasteiger partial charge in [-0.25, -0.2) is 8.78 Å². The molecule has 0 fully saturated rings. The first-order valence-electron chi connectivity index (χ1n) is 3.86. The average molecular weight is 242 g/mol. The highest BCUT2D eigenvalue weighted by Crippen LogP contribution is 2.53. The standard InChI is InChI=1S/C7H9F7O/c1-3-4(2,8)5(9,6(10,11)12)7(13,14)15/h15H,3H2,1-2H3/t4?,5-/m0/s1. The van der Waals surface area contributed by atoms with Crippen LogP contribution < -0.4 is 0 Å². The summed E-state index contributed by atoms with van der Waals surface area (Å²) in [6.07, 6.45) is -13.2. The fraction of sp³-hybridized carbons (Fsp3) is 1.00. The van der Waals surface area contributed by atoms with E-state index >= 15 is 0 Å². The van der Waals surface area contributed by atoms with Crippen LogP contribution in [0.2, 0.25) is 0 Å². The topological polar surface area (TPSA) is 20.2 Å². The lowest BCUT2D eigenvalue weighted by atomic mass is 9.83. The summed E-state index contributed by atoms with van der Waals surface area (Å²) in [5, 5.41) is 7.87. The van der Waals surface area contributed by atoms with Crippen molar-refractivity contribution >= 4 is 0 Å². The maximum absolute atomic E-state index is 13.1. The Kier molecular flexibility index (Phi) is 3.37. The lowest BCUT2D eigenvalue weighted by Crippen LogP contribution is -2.66. The van der Waals surface area contributed by atoms with Crippen molar-refractivity contribution < 1.29 is 35.8 Å². The van der Waals surface area contributed by atoms with Crippen molar-refractivity contribution in [3.05, 3.63) is 0 Å². The predicted molar refractivity (Wildman–Crippen MR) is 36.9 cm³/mol. The van der Waals surface area contributed by atoms with Crippen LogP contribution in [0.1, 0.15) is 20.3 Å². The summed E-state index contributed by atoms with van der Waals surface area (Å²) in [5.41, 5.74) is -9.55. The van der Waals surface area contributed by atoms with Gasteiger partial charge in [0.15, 0.2) is 5.67 Å². The Labute approximate surface area is 80.9 Å². The van der Waals surface area contributed by atoms with E-state index in [2.05, 4.69) is 0 Å². The van der Waals surface area contributed by atoms with Crippen molar-refractivity contribution in [2.45, 2.75) is 43.9 Å². The van der Waals surface area contributed by atoms with Gasteiger partial charge in [0.25, 0.3) is 0 Å². The molecule has 15 heavy (non-hydrogen) atoms. The van der Waals surface area contributed by atoms with Crippen molar-refractivity contribution in [2.75, 3.05) is 0 Å². The molecular weight excluding hydrogens is 233 g/mol. The zero-order valence-electron chi connectivity index (χ0n) is 7.80. The molecule has 0 aromatic carbocycles. The number of alkyl halides is 7. The normalized spacial score (nSPS) is 22.0. The van der Waals surface area contributed by atoms with Gasteiger partial charge in [0.05, 0.1) is 0 Å². The number of rotatable bonds is 3. The monoisotopic (exact) mass is 242 g/mol. The maximum Gasteiger partial charge on any atom is 0.434 e. The van der Waals surface area contributed by atoms with E-state index in [1.807, 2.05) is 0 Å². The molecule has 92 valence electrons. The summed E-state index contributed by atoms with van der Waals surface area (Å²) in [6.45, 7) is 0.774. The Morgan fingerprint density at radius 3 is 1.33 bits per heavy atom. The molecule has 0 radical (unpaired) electrons. The smallest absolute Gasteiger partial charge is 0.333 e. The second-order valence-corrected chi connectivity index (χ2v) is 3.25. The molecule has 0 rings (SSSR count). The zero-order chi connectivity index (χ0) is 12.7. The van der Waals surface area contributed by atoms with E-state index in [0.717, 1.165) is 6.92 Å². The highest BCUT2D eigenvalue weighted by molar-refractivity contribution is 5.07. The molecular formula is C7H9F7O. The number of hydrogen-bond donors (Lipinski definition) is 1. The van der Waals surface area contributed by atoms with Gasteiger partial charge in [-0.3, -0.25) is 0 Å². The van der Waals surface area contributed by atoms with Gasteiger partial charge in [0, 0.05) is 0 Å². The quantitative estimate of drug-likeness (QED) is 0.754. The third-order valence-electron chi connectivity index (χ3n) is 2.19. The van der Waals surface area contributed by atoms with Gasteiger partial charge >= 0.3 is 18.0 Å². The number of hydrogen-bond acceptors (Lipinski definition) is 1. The highest BCUT2D eigenvalue weighted by atomic mass is 19.4. The van der Waals surface area contributed by atoms with Gasteiger partial charge in [-0.15, -0.1) is 0 Å². The molecule has 0 spiro atoms.